The third kappa shape index (κ3) is 6.97. The summed E-state index contributed by atoms with van der Waals surface area (Å²) in [6, 6.07) is 4.59. The van der Waals surface area contributed by atoms with Gasteiger partial charge in [0.15, 0.2) is 6.61 Å². The second kappa shape index (κ2) is 8.49. The van der Waals surface area contributed by atoms with E-state index in [1.54, 1.807) is 6.07 Å². The largest absolute Gasteiger partial charge is 0.480 e. The van der Waals surface area contributed by atoms with Gasteiger partial charge in [0.2, 0.25) is 5.91 Å². The van der Waals surface area contributed by atoms with Gasteiger partial charge in [0, 0.05) is 5.69 Å². The molecule has 2 N–H and O–H groups in total. The molecule has 0 spiro atoms. The molecule has 0 aliphatic carbocycles. The lowest BCUT2D eigenvalue weighted by molar-refractivity contribution is -0.139. The number of nitrogens with one attached hydrogen (secondary N) is 1. The van der Waals surface area contributed by atoms with Gasteiger partial charge in [0.1, 0.15) is 5.75 Å². The number of hydrogen-bond acceptors (Lipinski definition) is 4. The van der Waals surface area contributed by atoms with Crippen LogP contribution in [0.2, 0.25) is 5.02 Å². The Morgan fingerprint density at radius 3 is 2.67 bits per heavy atom. The Balaban J connectivity index is 2.51. The molecule has 1 amide bonds. The van der Waals surface area contributed by atoms with Gasteiger partial charge in [0.25, 0.3) is 0 Å². The summed E-state index contributed by atoms with van der Waals surface area (Å²) >= 11 is 5.95. The van der Waals surface area contributed by atoms with Crippen molar-refractivity contribution < 1.29 is 24.2 Å². The smallest absolute Gasteiger partial charge is 0.341 e. The lowest BCUT2D eigenvalue weighted by Crippen LogP contribution is -2.16. The first kappa shape index (κ1) is 17.3. The minimum atomic E-state index is -1.09. The molecular formula is C14H18ClNO5. The Hall–Kier alpha value is -1.79. The van der Waals surface area contributed by atoms with Crippen LogP contribution in [-0.2, 0) is 14.3 Å². The highest BCUT2D eigenvalue weighted by atomic mass is 35.5. The summed E-state index contributed by atoms with van der Waals surface area (Å²) in [5.74, 6) is -1.03. The highest BCUT2D eigenvalue weighted by Gasteiger charge is 2.08. The molecule has 0 atom stereocenters. The van der Waals surface area contributed by atoms with Crippen LogP contribution < -0.4 is 10.1 Å². The average Bonchev–Trinajstić information content (AvgIpc) is 2.37. The van der Waals surface area contributed by atoms with Crippen LogP contribution in [0.4, 0.5) is 5.69 Å². The molecule has 116 valence electrons. The normalized spacial score (nSPS) is 10.5. The molecule has 0 bridgehead atoms. The van der Waals surface area contributed by atoms with Crippen molar-refractivity contribution in [1.29, 1.82) is 0 Å². The molecule has 0 radical (unpaired) electrons. The lowest BCUT2D eigenvalue weighted by Gasteiger charge is -2.10. The van der Waals surface area contributed by atoms with Crippen LogP contribution in [-0.4, -0.2) is 36.3 Å². The number of aliphatic carboxylic acids is 1. The van der Waals surface area contributed by atoms with Crippen molar-refractivity contribution in [2.24, 2.45) is 0 Å². The molecule has 0 saturated heterocycles. The van der Waals surface area contributed by atoms with Gasteiger partial charge in [-0.2, -0.15) is 0 Å². The summed E-state index contributed by atoms with van der Waals surface area (Å²) in [6.45, 7) is 3.66. The molecule has 21 heavy (non-hydrogen) atoms. The Labute approximate surface area is 128 Å². The van der Waals surface area contributed by atoms with E-state index in [-0.39, 0.29) is 29.2 Å². The van der Waals surface area contributed by atoms with E-state index < -0.39 is 12.6 Å². The van der Waals surface area contributed by atoms with E-state index in [2.05, 4.69) is 5.32 Å². The molecule has 0 fully saturated rings. The third-order valence-electron chi connectivity index (χ3n) is 2.35. The van der Waals surface area contributed by atoms with Gasteiger partial charge in [0.05, 0.1) is 24.2 Å². The molecule has 0 unspecified atom stereocenters. The number of carboxylic acid groups (broad SMARTS) is 1. The van der Waals surface area contributed by atoms with Crippen molar-refractivity contribution in [3.05, 3.63) is 23.2 Å². The van der Waals surface area contributed by atoms with Crippen molar-refractivity contribution in [3.63, 3.8) is 0 Å². The molecule has 1 rings (SSSR count). The first-order valence-electron chi connectivity index (χ1n) is 6.44. The zero-order chi connectivity index (χ0) is 15.8. The van der Waals surface area contributed by atoms with Crippen LogP contribution >= 0.6 is 11.6 Å². The summed E-state index contributed by atoms with van der Waals surface area (Å²) in [7, 11) is 0. The zero-order valence-corrected chi connectivity index (χ0v) is 12.6. The van der Waals surface area contributed by atoms with E-state index in [0.29, 0.717) is 12.3 Å². The summed E-state index contributed by atoms with van der Waals surface area (Å²) in [6.07, 6.45) is 0.325. The van der Waals surface area contributed by atoms with Gasteiger partial charge in [-0.1, -0.05) is 11.6 Å². The van der Waals surface area contributed by atoms with E-state index in [0.717, 1.165) is 0 Å². The second-order valence-electron chi connectivity index (χ2n) is 4.55. The monoisotopic (exact) mass is 315 g/mol. The van der Waals surface area contributed by atoms with E-state index in [4.69, 9.17) is 26.2 Å². The van der Waals surface area contributed by atoms with Crippen LogP contribution in [0.5, 0.6) is 5.75 Å². The van der Waals surface area contributed by atoms with Crippen molar-refractivity contribution in [3.8, 4) is 5.75 Å². The first-order valence-corrected chi connectivity index (χ1v) is 6.82. The molecule has 0 aromatic heterocycles. The maximum absolute atomic E-state index is 11.7. The van der Waals surface area contributed by atoms with Crippen molar-refractivity contribution >= 4 is 29.2 Å². The molecule has 0 heterocycles. The third-order valence-corrected chi connectivity index (χ3v) is 2.64. The second-order valence-corrected chi connectivity index (χ2v) is 4.95. The van der Waals surface area contributed by atoms with Crippen molar-refractivity contribution in [2.75, 3.05) is 18.5 Å². The van der Waals surface area contributed by atoms with Gasteiger partial charge in [-0.3, -0.25) is 4.79 Å². The predicted octanol–water partition coefficient (Wildman–Crippen LogP) is 2.56. The van der Waals surface area contributed by atoms with Crippen LogP contribution in [0.3, 0.4) is 0 Å². The number of carbonyl (C=O) groups excluding carboxylic acids is 1. The molecular weight excluding hydrogens is 298 g/mol. The Morgan fingerprint density at radius 2 is 2.10 bits per heavy atom. The number of hydrogen-bond donors (Lipinski definition) is 2. The summed E-state index contributed by atoms with van der Waals surface area (Å²) in [5, 5.41) is 11.4. The molecule has 1 aromatic carbocycles. The number of carbonyl (C=O) groups is 2. The number of carboxylic acids is 1. The van der Waals surface area contributed by atoms with E-state index in [9.17, 15) is 9.59 Å². The SMILES string of the molecule is CC(C)OCCC(=O)Nc1ccc(OCC(=O)O)c(Cl)c1. The molecule has 0 saturated carbocycles. The summed E-state index contributed by atoms with van der Waals surface area (Å²) in [4.78, 5) is 22.1. The summed E-state index contributed by atoms with van der Waals surface area (Å²) < 4.78 is 10.3. The maximum Gasteiger partial charge on any atom is 0.341 e. The minimum Gasteiger partial charge on any atom is -0.480 e. The van der Waals surface area contributed by atoms with Gasteiger partial charge in [-0.25, -0.2) is 4.79 Å². The number of ether oxygens (including phenoxy) is 2. The predicted molar refractivity (Wildman–Crippen MR) is 78.9 cm³/mol. The van der Waals surface area contributed by atoms with Crippen LogP contribution in [0.15, 0.2) is 18.2 Å². The molecule has 0 aliphatic heterocycles. The van der Waals surface area contributed by atoms with Gasteiger partial charge < -0.3 is 19.9 Å². The molecule has 6 nitrogen and oxygen atoms in total. The zero-order valence-electron chi connectivity index (χ0n) is 11.9. The van der Waals surface area contributed by atoms with Crippen LogP contribution in [0.25, 0.3) is 0 Å². The van der Waals surface area contributed by atoms with Crippen molar-refractivity contribution in [1.82, 2.24) is 0 Å². The van der Waals surface area contributed by atoms with Gasteiger partial charge in [-0.05, 0) is 32.0 Å². The highest BCUT2D eigenvalue weighted by molar-refractivity contribution is 6.32. The highest BCUT2D eigenvalue weighted by Crippen LogP contribution is 2.27. The molecule has 0 aliphatic rings. The molecule has 7 heteroatoms. The fraction of sp³-hybridized carbons (Fsp3) is 0.429. The fourth-order valence-corrected chi connectivity index (χ4v) is 1.68. The van der Waals surface area contributed by atoms with E-state index in [1.165, 1.54) is 12.1 Å². The first-order chi connectivity index (χ1) is 9.88. The number of anilines is 1. The van der Waals surface area contributed by atoms with Gasteiger partial charge in [-0.15, -0.1) is 0 Å². The number of benzene rings is 1. The number of amides is 1. The average molecular weight is 316 g/mol. The van der Waals surface area contributed by atoms with E-state index >= 15 is 0 Å². The number of halogens is 1. The van der Waals surface area contributed by atoms with Crippen LogP contribution in [0, 0.1) is 0 Å². The minimum absolute atomic E-state index is 0.0814. The standard InChI is InChI=1S/C14H18ClNO5/c1-9(2)20-6-5-13(17)16-10-3-4-12(11(15)7-10)21-8-14(18)19/h3-4,7,9H,5-6,8H2,1-2H3,(H,16,17)(H,18,19). The topological polar surface area (TPSA) is 84.9 Å². The lowest BCUT2D eigenvalue weighted by atomic mass is 10.3. The Morgan fingerprint density at radius 1 is 1.38 bits per heavy atom. The Kier molecular flexibility index (Phi) is 6.98. The van der Waals surface area contributed by atoms with Crippen molar-refractivity contribution in [2.45, 2.75) is 26.4 Å². The number of rotatable bonds is 8. The maximum atomic E-state index is 11.7. The molecule has 1 aromatic rings. The fourth-order valence-electron chi connectivity index (χ4n) is 1.45. The summed E-state index contributed by atoms with van der Waals surface area (Å²) in [5.41, 5.74) is 0.511. The van der Waals surface area contributed by atoms with Crippen LogP contribution in [0.1, 0.15) is 20.3 Å². The van der Waals surface area contributed by atoms with Gasteiger partial charge >= 0.3 is 5.97 Å². The van der Waals surface area contributed by atoms with E-state index in [1.807, 2.05) is 13.8 Å². The quantitative estimate of drug-likeness (QED) is 0.770. The Bertz CT molecular complexity index is 504.